The van der Waals surface area contributed by atoms with Crippen molar-refractivity contribution in [2.45, 2.75) is 0 Å². The molecule has 0 unspecified atom stereocenters. The molecular formula is C19H16N4O6. The zero-order valence-corrected chi connectivity index (χ0v) is 15.5. The third-order valence-electron chi connectivity index (χ3n) is 3.80. The smallest absolute Gasteiger partial charge is 0.322 e. The molecular weight excluding hydrogens is 380 g/mol. The maximum Gasteiger partial charge on any atom is 0.322 e. The molecule has 0 saturated carbocycles. The Balaban J connectivity index is 1.73. The van der Waals surface area contributed by atoms with Crippen molar-refractivity contribution < 1.29 is 23.6 Å². The molecule has 3 aromatic rings. The number of anilines is 1. The van der Waals surface area contributed by atoms with E-state index in [9.17, 15) is 14.9 Å². The van der Waals surface area contributed by atoms with Crippen LogP contribution >= 0.6 is 0 Å². The van der Waals surface area contributed by atoms with Gasteiger partial charge in [0, 0.05) is 18.2 Å². The van der Waals surface area contributed by atoms with Gasteiger partial charge in [-0.05, 0) is 29.8 Å². The van der Waals surface area contributed by atoms with E-state index >= 15 is 0 Å². The standard InChI is InChI=1S/C19H16N4O6/c1-27-14-7-8-16(28-2)15(11-14)18-21-22-19(29-18)20-17(24)9-6-12-4-3-5-13(10-12)23(25)26/h3-11H,1-2H3,(H,20,22,24). The minimum Gasteiger partial charge on any atom is -0.497 e. The van der Waals surface area contributed by atoms with Crippen molar-refractivity contribution in [1.82, 2.24) is 10.2 Å². The van der Waals surface area contributed by atoms with Gasteiger partial charge in [0.25, 0.3) is 17.5 Å². The third-order valence-corrected chi connectivity index (χ3v) is 3.80. The summed E-state index contributed by atoms with van der Waals surface area (Å²) in [7, 11) is 3.03. The molecule has 0 radical (unpaired) electrons. The number of rotatable bonds is 7. The van der Waals surface area contributed by atoms with Crippen LogP contribution in [0.4, 0.5) is 11.7 Å². The van der Waals surface area contributed by atoms with Crippen LogP contribution in [0, 0.1) is 10.1 Å². The summed E-state index contributed by atoms with van der Waals surface area (Å²) in [6, 6.07) is 10.9. The summed E-state index contributed by atoms with van der Waals surface area (Å²) in [5.74, 6) is 0.672. The Morgan fingerprint density at radius 1 is 1.17 bits per heavy atom. The lowest BCUT2D eigenvalue weighted by molar-refractivity contribution is -0.384. The highest BCUT2D eigenvalue weighted by Crippen LogP contribution is 2.33. The van der Waals surface area contributed by atoms with Crippen molar-refractivity contribution in [2.75, 3.05) is 19.5 Å². The number of amides is 1. The second kappa shape index (κ2) is 8.65. The predicted octanol–water partition coefficient (Wildman–Crippen LogP) is 3.31. The van der Waals surface area contributed by atoms with Gasteiger partial charge < -0.3 is 13.9 Å². The van der Waals surface area contributed by atoms with Crippen molar-refractivity contribution in [3.05, 3.63) is 64.2 Å². The van der Waals surface area contributed by atoms with E-state index in [2.05, 4.69) is 15.5 Å². The van der Waals surface area contributed by atoms with E-state index in [-0.39, 0.29) is 17.6 Å². The molecule has 0 aliphatic carbocycles. The van der Waals surface area contributed by atoms with Gasteiger partial charge in [-0.15, -0.1) is 5.10 Å². The largest absolute Gasteiger partial charge is 0.497 e. The van der Waals surface area contributed by atoms with E-state index in [4.69, 9.17) is 13.9 Å². The van der Waals surface area contributed by atoms with Gasteiger partial charge >= 0.3 is 6.01 Å². The zero-order valence-electron chi connectivity index (χ0n) is 15.5. The van der Waals surface area contributed by atoms with E-state index in [0.29, 0.717) is 22.6 Å². The SMILES string of the molecule is COc1ccc(OC)c(-c2nnc(NC(=O)C=Cc3cccc([N+](=O)[O-])c3)o2)c1. The molecule has 1 aromatic heterocycles. The molecule has 2 aromatic carbocycles. The molecule has 1 N–H and O–H groups in total. The molecule has 0 aliphatic heterocycles. The van der Waals surface area contributed by atoms with Gasteiger partial charge in [0.1, 0.15) is 11.5 Å². The van der Waals surface area contributed by atoms with Crippen molar-refractivity contribution in [3.63, 3.8) is 0 Å². The Bertz CT molecular complexity index is 1080. The van der Waals surface area contributed by atoms with Crippen LogP contribution in [0.3, 0.4) is 0 Å². The number of nitrogens with one attached hydrogen (secondary N) is 1. The number of hydrogen-bond acceptors (Lipinski definition) is 8. The number of methoxy groups -OCH3 is 2. The highest BCUT2D eigenvalue weighted by atomic mass is 16.6. The summed E-state index contributed by atoms with van der Waals surface area (Å²) >= 11 is 0. The lowest BCUT2D eigenvalue weighted by atomic mass is 10.2. The number of carbonyl (C=O) groups excluding carboxylic acids is 1. The van der Waals surface area contributed by atoms with Crippen LogP contribution in [0.2, 0.25) is 0 Å². The van der Waals surface area contributed by atoms with Crippen LogP contribution in [0.1, 0.15) is 5.56 Å². The van der Waals surface area contributed by atoms with Crippen LogP contribution in [0.5, 0.6) is 11.5 Å². The fourth-order valence-corrected chi connectivity index (χ4v) is 2.42. The number of hydrogen-bond donors (Lipinski definition) is 1. The summed E-state index contributed by atoms with van der Waals surface area (Å²) in [5, 5.41) is 20.9. The first-order valence-corrected chi connectivity index (χ1v) is 8.29. The number of aromatic nitrogens is 2. The maximum atomic E-state index is 12.1. The molecule has 0 atom stereocenters. The van der Waals surface area contributed by atoms with Gasteiger partial charge in [-0.1, -0.05) is 17.2 Å². The number of nitro benzene ring substituents is 1. The van der Waals surface area contributed by atoms with E-state index in [1.54, 1.807) is 24.3 Å². The molecule has 1 heterocycles. The van der Waals surface area contributed by atoms with Crippen LogP contribution in [-0.4, -0.2) is 35.2 Å². The molecule has 10 nitrogen and oxygen atoms in total. The van der Waals surface area contributed by atoms with E-state index in [1.165, 1.54) is 44.6 Å². The lowest BCUT2D eigenvalue weighted by Gasteiger charge is -2.07. The number of non-ortho nitro benzene ring substituents is 1. The van der Waals surface area contributed by atoms with Crippen LogP contribution in [0.25, 0.3) is 17.5 Å². The van der Waals surface area contributed by atoms with Gasteiger partial charge in [0.05, 0.1) is 24.7 Å². The highest BCUT2D eigenvalue weighted by Gasteiger charge is 2.15. The summed E-state index contributed by atoms with van der Waals surface area (Å²) in [5.41, 5.74) is 0.940. The van der Waals surface area contributed by atoms with Gasteiger partial charge in [-0.2, -0.15) is 0 Å². The summed E-state index contributed by atoms with van der Waals surface area (Å²) in [6.45, 7) is 0. The average molecular weight is 396 g/mol. The Kier molecular flexibility index (Phi) is 5.83. The molecule has 10 heteroatoms. The highest BCUT2D eigenvalue weighted by molar-refractivity contribution is 6.00. The Morgan fingerprint density at radius 3 is 2.72 bits per heavy atom. The molecule has 0 fully saturated rings. The molecule has 148 valence electrons. The second-order valence-corrected chi connectivity index (χ2v) is 5.65. The maximum absolute atomic E-state index is 12.1. The third kappa shape index (κ3) is 4.75. The van der Waals surface area contributed by atoms with Crippen LogP contribution < -0.4 is 14.8 Å². The van der Waals surface area contributed by atoms with Gasteiger partial charge in [0.2, 0.25) is 0 Å². The zero-order chi connectivity index (χ0) is 20.8. The Labute approximate surface area is 164 Å². The van der Waals surface area contributed by atoms with Crippen LogP contribution in [0.15, 0.2) is 53.0 Å². The lowest BCUT2D eigenvalue weighted by Crippen LogP contribution is -2.07. The topological polar surface area (TPSA) is 130 Å². The normalized spacial score (nSPS) is 10.7. The number of carbonyl (C=O) groups is 1. The Hall–Kier alpha value is -4.21. The number of nitrogens with zero attached hydrogens (tertiary/aromatic N) is 3. The van der Waals surface area contributed by atoms with E-state index in [0.717, 1.165) is 0 Å². The van der Waals surface area contributed by atoms with Crippen molar-refractivity contribution in [2.24, 2.45) is 0 Å². The number of benzene rings is 2. The quantitative estimate of drug-likeness (QED) is 0.366. The van der Waals surface area contributed by atoms with E-state index < -0.39 is 10.8 Å². The second-order valence-electron chi connectivity index (χ2n) is 5.65. The first-order chi connectivity index (χ1) is 14.0. The molecule has 0 spiro atoms. The van der Waals surface area contributed by atoms with Crippen molar-refractivity contribution in [3.8, 4) is 23.0 Å². The number of nitro groups is 1. The molecule has 0 saturated heterocycles. The first-order valence-electron chi connectivity index (χ1n) is 8.29. The predicted molar refractivity (Wildman–Crippen MR) is 104 cm³/mol. The van der Waals surface area contributed by atoms with Gasteiger partial charge in [-0.25, -0.2) is 0 Å². The summed E-state index contributed by atoms with van der Waals surface area (Å²) < 4.78 is 15.9. The number of ether oxygens (including phenoxy) is 2. The van der Waals surface area contributed by atoms with Crippen LogP contribution in [-0.2, 0) is 4.79 Å². The summed E-state index contributed by atoms with van der Waals surface area (Å²) in [4.78, 5) is 22.4. The van der Waals surface area contributed by atoms with Gasteiger partial charge in [-0.3, -0.25) is 20.2 Å². The summed E-state index contributed by atoms with van der Waals surface area (Å²) in [6.07, 6.45) is 2.64. The molecule has 3 rings (SSSR count). The fraction of sp³-hybridized carbons (Fsp3) is 0.105. The molecule has 1 amide bonds. The Morgan fingerprint density at radius 2 is 2.00 bits per heavy atom. The van der Waals surface area contributed by atoms with E-state index in [1.807, 2.05) is 0 Å². The fourth-order valence-electron chi connectivity index (χ4n) is 2.42. The average Bonchev–Trinajstić information content (AvgIpc) is 3.20. The first kappa shape index (κ1) is 19.5. The van der Waals surface area contributed by atoms with Crippen molar-refractivity contribution >= 4 is 23.7 Å². The monoisotopic (exact) mass is 396 g/mol. The minimum atomic E-state index is -0.538. The minimum absolute atomic E-state index is 0.0682. The molecule has 29 heavy (non-hydrogen) atoms. The molecule has 0 aliphatic rings. The van der Waals surface area contributed by atoms with Crippen molar-refractivity contribution in [1.29, 1.82) is 0 Å². The van der Waals surface area contributed by atoms with Gasteiger partial charge in [0.15, 0.2) is 0 Å². The molecule has 0 bridgehead atoms.